The van der Waals surface area contributed by atoms with E-state index < -0.39 is 0 Å². The third-order valence-corrected chi connectivity index (χ3v) is 3.57. The standard InChI is InChI=1S/C14H27NO/c1-11(2)5-6-13-7-9-15(10-8-13)14(16)12(3)4/h11-13H,5-10H2,1-4H3. The van der Waals surface area contributed by atoms with Crippen LogP contribution in [0.15, 0.2) is 0 Å². The number of hydrogen-bond donors (Lipinski definition) is 0. The molecule has 0 saturated carbocycles. The predicted octanol–water partition coefficient (Wildman–Crippen LogP) is 3.32. The van der Waals surface area contributed by atoms with E-state index in [-0.39, 0.29) is 5.92 Å². The van der Waals surface area contributed by atoms with Crippen LogP contribution in [0.1, 0.15) is 53.4 Å². The van der Waals surface area contributed by atoms with Crippen molar-refractivity contribution >= 4 is 5.91 Å². The topological polar surface area (TPSA) is 20.3 Å². The van der Waals surface area contributed by atoms with Gasteiger partial charge in [-0.15, -0.1) is 0 Å². The van der Waals surface area contributed by atoms with Gasteiger partial charge in [0.1, 0.15) is 0 Å². The van der Waals surface area contributed by atoms with Gasteiger partial charge in [0.2, 0.25) is 5.91 Å². The van der Waals surface area contributed by atoms with E-state index in [0.717, 1.165) is 24.9 Å². The molecule has 1 amide bonds. The molecule has 0 N–H and O–H groups in total. The van der Waals surface area contributed by atoms with E-state index in [1.807, 2.05) is 13.8 Å². The summed E-state index contributed by atoms with van der Waals surface area (Å²) >= 11 is 0. The fraction of sp³-hybridized carbons (Fsp3) is 0.929. The van der Waals surface area contributed by atoms with Crippen molar-refractivity contribution in [3.8, 4) is 0 Å². The third-order valence-electron chi connectivity index (χ3n) is 3.57. The average Bonchev–Trinajstić information content (AvgIpc) is 2.26. The second kappa shape index (κ2) is 6.27. The van der Waals surface area contributed by atoms with E-state index in [4.69, 9.17) is 0 Å². The van der Waals surface area contributed by atoms with Crippen LogP contribution in [-0.2, 0) is 4.79 Å². The van der Waals surface area contributed by atoms with Gasteiger partial charge in [-0.05, 0) is 24.7 Å². The van der Waals surface area contributed by atoms with Crippen molar-refractivity contribution in [2.75, 3.05) is 13.1 Å². The van der Waals surface area contributed by atoms with Crippen LogP contribution in [-0.4, -0.2) is 23.9 Å². The lowest BCUT2D eigenvalue weighted by molar-refractivity contribution is -0.135. The highest BCUT2D eigenvalue weighted by Gasteiger charge is 2.23. The Labute approximate surface area is 100 Å². The van der Waals surface area contributed by atoms with Gasteiger partial charge in [-0.3, -0.25) is 4.79 Å². The van der Waals surface area contributed by atoms with Crippen molar-refractivity contribution in [3.05, 3.63) is 0 Å². The van der Waals surface area contributed by atoms with E-state index in [9.17, 15) is 4.79 Å². The normalized spacial score (nSPS) is 18.5. The van der Waals surface area contributed by atoms with Gasteiger partial charge < -0.3 is 4.90 Å². The van der Waals surface area contributed by atoms with Gasteiger partial charge in [0, 0.05) is 19.0 Å². The highest BCUT2D eigenvalue weighted by molar-refractivity contribution is 5.78. The summed E-state index contributed by atoms with van der Waals surface area (Å²) in [7, 11) is 0. The Kier molecular flexibility index (Phi) is 5.30. The minimum atomic E-state index is 0.159. The Balaban J connectivity index is 2.26. The third kappa shape index (κ3) is 4.15. The molecule has 0 unspecified atom stereocenters. The number of carbonyl (C=O) groups is 1. The monoisotopic (exact) mass is 225 g/mol. The van der Waals surface area contributed by atoms with E-state index in [2.05, 4.69) is 18.7 Å². The highest BCUT2D eigenvalue weighted by atomic mass is 16.2. The Morgan fingerprint density at radius 3 is 2.19 bits per heavy atom. The van der Waals surface area contributed by atoms with Gasteiger partial charge in [-0.1, -0.05) is 40.5 Å². The van der Waals surface area contributed by atoms with Gasteiger partial charge >= 0.3 is 0 Å². The molecule has 0 aromatic heterocycles. The van der Waals surface area contributed by atoms with Crippen LogP contribution in [0.2, 0.25) is 0 Å². The summed E-state index contributed by atoms with van der Waals surface area (Å²) in [5.74, 6) is 2.17. The number of nitrogens with zero attached hydrogens (tertiary/aromatic N) is 1. The summed E-state index contributed by atoms with van der Waals surface area (Å²) in [4.78, 5) is 13.8. The predicted molar refractivity (Wildman–Crippen MR) is 68.2 cm³/mol. The van der Waals surface area contributed by atoms with Crippen molar-refractivity contribution in [3.63, 3.8) is 0 Å². The van der Waals surface area contributed by atoms with Gasteiger partial charge in [0.05, 0.1) is 0 Å². The summed E-state index contributed by atoms with van der Waals surface area (Å²) in [6.07, 6.45) is 5.11. The summed E-state index contributed by atoms with van der Waals surface area (Å²) in [5.41, 5.74) is 0. The summed E-state index contributed by atoms with van der Waals surface area (Å²) in [6, 6.07) is 0. The zero-order chi connectivity index (χ0) is 12.1. The SMILES string of the molecule is CC(C)CCC1CCN(C(=O)C(C)C)CC1. The van der Waals surface area contributed by atoms with E-state index >= 15 is 0 Å². The molecule has 94 valence electrons. The molecule has 0 bridgehead atoms. The molecule has 1 aliphatic rings. The zero-order valence-electron chi connectivity index (χ0n) is 11.3. The smallest absolute Gasteiger partial charge is 0.225 e. The first kappa shape index (κ1) is 13.5. The minimum absolute atomic E-state index is 0.159. The van der Waals surface area contributed by atoms with Crippen LogP contribution in [0.3, 0.4) is 0 Å². The number of hydrogen-bond acceptors (Lipinski definition) is 1. The zero-order valence-corrected chi connectivity index (χ0v) is 11.3. The van der Waals surface area contributed by atoms with Gasteiger partial charge in [-0.25, -0.2) is 0 Å². The minimum Gasteiger partial charge on any atom is -0.342 e. The fourth-order valence-corrected chi connectivity index (χ4v) is 2.38. The number of piperidine rings is 1. The van der Waals surface area contributed by atoms with Crippen molar-refractivity contribution < 1.29 is 4.79 Å². The molecule has 1 heterocycles. The highest BCUT2D eigenvalue weighted by Crippen LogP contribution is 2.24. The lowest BCUT2D eigenvalue weighted by Crippen LogP contribution is -2.40. The molecule has 0 spiro atoms. The van der Waals surface area contributed by atoms with Crippen molar-refractivity contribution in [1.29, 1.82) is 0 Å². The summed E-state index contributed by atoms with van der Waals surface area (Å²) < 4.78 is 0. The molecule has 0 aliphatic carbocycles. The quantitative estimate of drug-likeness (QED) is 0.718. The maximum atomic E-state index is 11.8. The Bertz CT molecular complexity index is 215. The van der Waals surface area contributed by atoms with Crippen LogP contribution >= 0.6 is 0 Å². The first-order chi connectivity index (χ1) is 7.50. The van der Waals surface area contributed by atoms with Crippen LogP contribution < -0.4 is 0 Å². The summed E-state index contributed by atoms with van der Waals surface area (Å²) in [5, 5.41) is 0. The van der Waals surface area contributed by atoms with Crippen LogP contribution in [0.25, 0.3) is 0 Å². The van der Waals surface area contributed by atoms with Crippen molar-refractivity contribution in [1.82, 2.24) is 4.90 Å². The molecular formula is C14H27NO. The fourth-order valence-electron chi connectivity index (χ4n) is 2.38. The number of carbonyl (C=O) groups excluding carboxylic acids is 1. The first-order valence-corrected chi connectivity index (χ1v) is 6.79. The Hall–Kier alpha value is -0.530. The molecule has 0 aromatic carbocycles. The van der Waals surface area contributed by atoms with Crippen LogP contribution in [0.4, 0.5) is 0 Å². The Morgan fingerprint density at radius 1 is 1.19 bits per heavy atom. The molecule has 0 aromatic rings. The lowest BCUT2D eigenvalue weighted by atomic mass is 9.89. The number of amides is 1. The average molecular weight is 225 g/mol. The molecule has 0 atom stereocenters. The maximum absolute atomic E-state index is 11.8. The summed E-state index contributed by atoms with van der Waals surface area (Å²) in [6.45, 7) is 10.5. The van der Waals surface area contributed by atoms with Gasteiger partial charge in [0.15, 0.2) is 0 Å². The molecule has 0 radical (unpaired) electrons. The second-order valence-corrected chi connectivity index (χ2v) is 5.89. The molecular weight excluding hydrogens is 198 g/mol. The largest absolute Gasteiger partial charge is 0.342 e. The van der Waals surface area contributed by atoms with Crippen LogP contribution in [0.5, 0.6) is 0 Å². The maximum Gasteiger partial charge on any atom is 0.225 e. The van der Waals surface area contributed by atoms with Crippen LogP contribution in [0, 0.1) is 17.8 Å². The molecule has 1 rings (SSSR count). The van der Waals surface area contributed by atoms with E-state index in [0.29, 0.717) is 5.91 Å². The Morgan fingerprint density at radius 2 is 1.75 bits per heavy atom. The van der Waals surface area contributed by atoms with Gasteiger partial charge in [0.25, 0.3) is 0 Å². The van der Waals surface area contributed by atoms with Crippen molar-refractivity contribution in [2.45, 2.75) is 53.4 Å². The molecule has 1 saturated heterocycles. The van der Waals surface area contributed by atoms with Crippen molar-refractivity contribution in [2.24, 2.45) is 17.8 Å². The van der Waals surface area contributed by atoms with E-state index in [1.165, 1.54) is 25.7 Å². The van der Waals surface area contributed by atoms with E-state index in [1.54, 1.807) is 0 Å². The molecule has 2 nitrogen and oxygen atoms in total. The number of rotatable bonds is 4. The molecule has 16 heavy (non-hydrogen) atoms. The lowest BCUT2D eigenvalue weighted by Gasteiger charge is -2.33. The molecule has 1 fully saturated rings. The first-order valence-electron chi connectivity index (χ1n) is 6.79. The molecule has 1 aliphatic heterocycles. The second-order valence-electron chi connectivity index (χ2n) is 5.89. The van der Waals surface area contributed by atoms with Gasteiger partial charge in [-0.2, -0.15) is 0 Å². The molecule has 2 heteroatoms. The number of likely N-dealkylation sites (tertiary alicyclic amines) is 1.